The maximum Gasteiger partial charge on any atom is 0.251 e. The van der Waals surface area contributed by atoms with Gasteiger partial charge in [-0.3, -0.25) is 4.79 Å². The monoisotopic (exact) mass is 305 g/mol. The van der Waals surface area contributed by atoms with Crippen molar-refractivity contribution in [3.63, 3.8) is 0 Å². The largest absolute Gasteiger partial charge is 0.348 e. The van der Waals surface area contributed by atoms with Gasteiger partial charge in [-0.1, -0.05) is 30.3 Å². The maximum atomic E-state index is 12.0. The van der Waals surface area contributed by atoms with Crippen molar-refractivity contribution in [1.82, 2.24) is 14.9 Å². The van der Waals surface area contributed by atoms with Crippen LogP contribution in [0.15, 0.2) is 60.9 Å². The van der Waals surface area contributed by atoms with Crippen LogP contribution in [0.25, 0.3) is 5.69 Å². The quantitative estimate of drug-likeness (QED) is 0.803. The average Bonchev–Trinajstić information content (AvgIpc) is 2.93. The van der Waals surface area contributed by atoms with Crippen molar-refractivity contribution in [2.75, 3.05) is 0 Å². The minimum Gasteiger partial charge on any atom is -0.348 e. The summed E-state index contributed by atoms with van der Waals surface area (Å²) in [5.41, 5.74) is 4.97. The van der Waals surface area contributed by atoms with E-state index < -0.39 is 0 Å². The summed E-state index contributed by atoms with van der Waals surface area (Å²) in [6.07, 6.45) is 1.83. The predicted octanol–water partition coefficient (Wildman–Crippen LogP) is 3.42. The molecule has 3 rings (SSSR count). The van der Waals surface area contributed by atoms with E-state index in [1.807, 2.05) is 67.8 Å². The van der Waals surface area contributed by atoms with Gasteiger partial charge in [0.1, 0.15) is 0 Å². The summed E-state index contributed by atoms with van der Waals surface area (Å²) in [4.78, 5) is 16.3. The molecule has 23 heavy (non-hydrogen) atoms. The third kappa shape index (κ3) is 3.31. The Hall–Kier alpha value is -2.88. The molecule has 116 valence electrons. The number of amides is 1. The molecular formula is C19H19N3O. The van der Waals surface area contributed by atoms with Crippen LogP contribution in [-0.4, -0.2) is 15.5 Å². The van der Waals surface area contributed by atoms with Gasteiger partial charge in [-0.05, 0) is 43.7 Å². The number of carbonyl (C=O) groups excluding carboxylic acids is 1. The van der Waals surface area contributed by atoms with Gasteiger partial charge in [-0.2, -0.15) is 0 Å². The number of nitrogens with zero attached hydrogens (tertiary/aromatic N) is 2. The molecule has 0 saturated heterocycles. The lowest BCUT2D eigenvalue weighted by molar-refractivity contribution is 0.0951. The Morgan fingerprint density at radius 2 is 1.74 bits per heavy atom. The van der Waals surface area contributed by atoms with Gasteiger partial charge < -0.3 is 9.88 Å². The van der Waals surface area contributed by atoms with Gasteiger partial charge in [-0.25, -0.2) is 4.98 Å². The van der Waals surface area contributed by atoms with E-state index in [2.05, 4.69) is 21.8 Å². The summed E-state index contributed by atoms with van der Waals surface area (Å²) < 4.78 is 2.06. The van der Waals surface area contributed by atoms with Crippen molar-refractivity contribution in [2.24, 2.45) is 0 Å². The fraction of sp³-hybridized carbons (Fsp3) is 0.158. The molecule has 0 unspecified atom stereocenters. The summed E-state index contributed by atoms with van der Waals surface area (Å²) in [6.45, 7) is 4.56. The maximum absolute atomic E-state index is 12.0. The van der Waals surface area contributed by atoms with Crippen LogP contribution in [0.4, 0.5) is 0 Å². The van der Waals surface area contributed by atoms with Gasteiger partial charge in [0.2, 0.25) is 0 Å². The molecule has 3 aromatic rings. The molecule has 0 bridgehead atoms. The van der Waals surface area contributed by atoms with Gasteiger partial charge >= 0.3 is 0 Å². The number of aryl methyl sites for hydroxylation is 1. The molecule has 1 amide bonds. The lowest BCUT2D eigenvalue weighted by Crippen LogP contribution is -2.22. The van der Waals surface area contributed by atoms with Crippen molar-refractivity contribution in [2.45, 2.75) is 20.4 Å². The highest BCUT2D eigenvalue weighted by molar-refractivity contribution is 5.94. The molecule has 1 heterocycles. The van der Waals surface area contributed by atoms with Crippen LogP contribution in [0.2, 0.25) is 0 Å². The number of nitrogens with one attached hydrogen (secondary N) is 1. The second kappa shape index (κ2) is 6.48. The lowest BCUT2D eigenvalue weighted by atomic mass is 10.2. The van der Waals surface area contributed by atoms with Crippen molar-refractivity contribution in [1.29, 1.82) is 0 Å². The van der Waals surface area contributed by atoms with Crippen LogP contribution in [0.3, 0.4) is 0 Å². The van der Waals surface area contributed by atoms with E-state index in [0.717, 1.165) is 22.6 Å². The zero-order chi connectivity index (χ0) is 16.2. The van der Waals surface area contributed by atoms with Gasteiger partial charge in [0.25, 0.3) is 5.91 Å². The molecular weight excluding hydrogens is 286 g/mol. The molecule has 4 heteroatoms. The predicted molar refractivity (Wildman–Crippen MR) is 90.7 cm³/mol. The van der Waals surface area contributed by atoms with Crippen LogP contribution in [0.5, 0.6) is 0 Å². The van der Waals surface area contributed by atoms with Crippen molar-refractivity contribution >= 4 is 5.91 Å². The first-order valence-corrected chi connectivity index (χ1v) is 7.58. The molecule has 1 N–H and O–H groups in total. The molecule has 0 atom stereocenters. The van der Waals surface area contributed by atoms with E-state index in [0.29, 0.717) is 12.1 Å². The molecule has 0 radical (unpaired) electrons. The van der Waals surface area contributed by atoms with Gasteiger partial charge in [0.05, 0.1) is 12.0 Å². The van der Waals surface area contributed by atoms with E-state index in [9.17, 15) is 4.79 Å². The Morgan fingerprint density at radius 1 is 1.04 bits per heavy atom. The molecule has 0 fully saturated rings. The Bertz CT molecular complexity index is 804. The molecule has 4 nitrogen and oxygen atoms in total. The van der Waals surface area contributed by atoms with E-state index in [4.69, 9.17) is 0 Å². The Labute approximate surface area is 135 Å². The zero-order valence-corrected chi connectivity index (χ0v) is 13.3. The van der Waals surface area contributed by atoms with Crippen LogP contribution >= 0.6 is 0 Å². The number of imidazole rings is 1. The highest BCUT2D eigenvalue weighted by Crippen LogP contribution is 2.14. The van der Waals surface area contributed by atoms with Gasteiger partial charge in [0.15, 0.2) is 0 Å². The summed E-state index contributed by atoms with van der Waals surface area (Å²) in [5, 5.41) is 2.93. The Balaban J connectivity index is 1.66. The first-order valence-electron chi connectivity index (χ1n) is 7.58. The smallest absolute Gasteiger partial charge is 0.251 e. The van der Waals surface area contributed by atoms with E-state index in [1.165, 1.54) is 0 Å². The minimum atomic E-state index is -0.0595. The van der Waals surface area contributed by atoms with Crippen molar-refractivity contribution < 1.29 is 4.79 Å². The van der Waals surface area contributed by atoms with Crippen molar-refractivity contribution in [3.8, 4) is 5.69 Å². The Morgan fingerprint density at radius 3 is 2.35 bits per heavy atom. The average molecular weight is 305 g/mol. The number of hydrogen-bond acceptors (Lipinski definition) is 2. The second-order valence-electron chi connectivity index (χ2n) is 5.50. The molecule has 1 aromatic heterocycles. The van der Waals surface area contributed by atoms with E-state index in [1.54, 1.807) is 0 Å². The van der Waals surface area contributed by atoms with Gasteiger partial charge in [0, 0.05) is 23.5 Å². The topological polar surface area (TPSA) is 46.9 Å². The Kier molecular flexibility index (Phi) is 4.24. The molecule has 2 aromatic carbocycles. The number of carbonyl (C=O) groups is 1. The third-order valence-corrected chi connectivity index (χ3v) is 3.96. The normalized spacial score (nSPS) is 10.5. The standard InChI is InChI=1S/C19H19N3O/c1-14-15(2)22(13-21-14)18-10-8-16(9-11-18)12-20-19(23)17-6-4-3-5-7-17/h3-11,13H,12H2,1-2H3,(H,20,23). The van der Waals surface area contributed by atoms with Crippen LogP contribution in [-0.2, 0) is 6.54 Å². The number of rotatable bonds is 4. The zero-order valence-electron chi connectivity index (χ0n) is 13.3. The third-order valence-electron chi connectivity index (χ3n) is 3.96. The fourth-order valence-corrected chi connectivity index (χ4v) is 2.41. The van der Waals surface area contributed by atoms with Crippen LogP contribution < -0.4 is 5.32 Å². The summed E-state index contributed by atoms with van der Waals surface area (Å²) in [5.74, 6) is -0.0595. The van der Waals surface area contributed by atoms with Crippen LogP contribution in [0, 0.1) is 13.8 Å². The first-order chi connectivity index (χ1) is 11.1. The molecule has 0 spiro atoms. The van der Waals surface area contributed by atoms with E-state index >= 15 is 0 Å². The highest BCUT2D eigenvalue weighted by Gasteiger charge is 2.06. The fourth-order valence-electron chi connectivity index (χ4n) is 2.41. The first kappa shape index (κ1) is 15.0. The number of hydrogen-bond donors (Lipinski definition) is 1. The molecule has 0 aliphatic carbocycles. The van der Waals surface area contributed by atoms with Crippen molar-refractivity contribution in [3.05, 3.63) is 83.4 Å². The highest BCUT2D eigenvalue weighted by atomic mass is 16.1. The number of benzene rings is 2. The minimum absolute atomic E-state index is 0.0595. The molecule has 0 aliphatic heterocycles. The van der Waals surface area contributed by atoms with Gasteiger partial charge in [-0.15, -0.1) is 0 Å². The summed E-state index contributed by atoms with van der Waals surface area (Å²) >= 11 is 0. The van der Waals surface area contributed by atoms with Crippen LogP contribution in [0.1, 0.15) is 27.3 Å². The SMILES string of the molecule is Cc1ncn(-c2ccc(CNC(=O)c3ccccc3)cc2)c1C. The summed E-state index contributed by atoms with van der Waals surface area (Å²) in [7, 11) is 0. The number of aromatic nitrogens is 2. The second-order valence-corrected chi connectivity index (χ2v) is 5.50. The lowest BCUT2D eigenvalue weighted by Gasteiger charge is -2.08. The van der Waals surface area contributed by atoms with E-state index in [-0.39, 0.29) is 5.91 Å². The summed E-state index contributed by atoms with van der Waals surface area (Å²) in [6, 6.07) is 17.4. The molecule has 0 saturated carbocycles. The molecule has 0 aliphatic rings.